The fraction of sp³-hybridized carbons (Fsp3) is 0.750. The van der Waals surface area contributed by atoms with Gasteiger partial charge in [-0.3, -0.25) is 4.79 Å². The number of ether oxygens (including phenoxy) is 3. The Bertz CT molecular complexity index is 171. The molecule has 0 aliphatic rings. The molecule has 82 valence electrons. The van der Waals surface area contributed by atoms with Gasteiger partial charge in [-0.05, 0) is 0 Å². The van der Waals surface area contributed by atoms with Crippen LogP contribution in [0.2, 0.25) is 0 Å². The molecule has 0 amide bonds. The zero-order chi connectivity index (χ0) is 11.0. The van der Waals surface area contributed by atoms with Crippen molar-refractivity contribution in [2.45, 2.75) is 18.5 Å². The predicted molar refractivity (Wildman–Crippen MR) is 45.7 cm³/mol. The molecule has 0 aliphatic carbocycles. The van der Waals surface area contributed by atoms with Crippen molar-refractivity contribution in [3.8, 4) is 0 Å². The largest absolute Gasteiger partial charge is 0.394 e. The van der Waals surface area contributed by atoms with Crippen LogP contribution in [0.3, 0.4) is 0 Å². The van der Waals surface area contributed by atoms with E-state index in [0.29, 0.717) is 12.6 Å². The highest BCUT2D eigenvalue weighted by Crippen LogP contribution is 2.04. The molecule has 14 heavy (non-hydrogen) atoms. The molecule has 0 aromatic rings. The van der Waals surface area contributed by atoms with Crippen LogP contribution in [0.4, 0.5) is 0 Å². The van der Waals surface area contributed by atoms with Crippen molar-refractivity contribution in [1.29, 1.82) is 0 Å². The third-order valence-electron chi connectivity index (χ3n) is 1.60. The number of carbonyl (C=O) groups is 2. The maximum atomic E-state index is 10.4. The lowest BCUT2D eigenvalue weighted by molar-refractivity contribution is -0.187. The van der Waals surface area contributed by atoms with Gasteiger partial charge in [0.25, 0.3) is 0 Å². The van der Waals surface area contributed by atoms with Crippen molar-refractivity contribution >= 4 is 12.6 Å². The Kier molecular flexibility index (Phi) is 7.13. The van der Waals surface area contributed by atoms with Gasteiger partial charge in [-0.2, -0.15) is 0 Å². The average molecular weight is 206 g/mol. The number of hydrogen-bond donors (Lipinski definition) is 1. The van der Waals surface area contributed by atoms with Gasteiger partial charge in [-0.25, -0.2) is 0 Å². The first-order valence-corrected chi connectivity index (χ1v) is 3.96. The Morgan fingerprint density at radius 3 is 2.14 bits per heavy atom. The van der Waals surface area contributed by atoms with Crippen molar-refractivity contribution in [2.24, 2.45) is 0 Å². The lowest BCUT2D eigenvalue weighted by atomic mass is 10.2. The van der Waals surface area contributed by atoms with Gasteiger partial charge in [0.2, 0.25) is 6.29 Å². The summed E-state index contributed by atoms with van der Waals surface area (Å²) < 4.78 is 14.3. The second kappa shape index (κ2) is 7.57. The van der Waals surface area contributed by atoms with Gasteiger partial charge in [0.1, 0.15) is 12.2 Å². The molecule has 0 aromatic heterocycles. The van der Waals surface area contributed by atoms with Gasteiger partial charge in [0, 0.05) is 14.2 Å². The van der Waals surface area contributed by atoms with Crippen LogP contribution in [-0.4, -0.2) is 57.0 Å². The molecule has 0 rings (SSSR count). The van der Waals surface area contributed by atoms with Crippen molar-refractivity contribution in [3.05, 3.63) is 0 Å². The van der Waals surface area contributed by atoms with Crippen LogP contribution in [0.25, 0.3) is 0 Å². The monoisotopic (exact) mass is 206 g/mol. The highest BCUT2D eigenvalue weighted by molar-refractivity contribution is 5.57. The standard InChI is InChI=1S/C8H14O6/c1-12-6(3-9)7(4-10)14-8(5-11)13-2/h3,5-8,10H,4H2,1-2H3/t6?,7-,8?/m1/s1. The molecule has 3 atom stereocenters. The molecule has 2 unspecified atom stereocenters. The van der Waals surface area contributed by atoms with E-state index < -0.39 is 25.1 Å². The molecular formula is C8H14O6. The van der Waals surface area contributed by atoms with Crippen LogP contribution in [0.5, 0.6) is 0 Å². The molecule has 0 aliphatic heterocycles. The normalized spacial score (nSPS) is 17.1. The van der Waals surface area contributed by atoms with Crippen molar-refractivity contribution < 1.29 is 28.9 Å². The number of aliphatic hydroxyl groups excluding tert-OH is 1. The smallest absolute Gasteiger partial charge is 0.214 e. The maximum absolute atomic E-state index is 10.4. The number of aliphatic hydroxyl groups is 1. The van der Waals surface area contributed by atoms with Crippen LogP contribution in [0.15, 0.2) is 0 Å². The molecule has 6 heteroatoms. The minimum Gasteiger partial charge on any atom is -0.394 e. The van der Waals surface area contributed by atoms with Crippen LogP contribution < -0.4 is 0 Å². The number of methoxy groups -OCH3 is 2. The lowest BCUT2D eigenvalue weighted by Gasteiger charge is -2.22. The number of rotatable bonds is 8. The summed E-state index contributed by atoms with van der Waals surface area (Å²) in [6, 6.07) is 0. The molecule has 0 heterocycles. The fourth-order valence-corrected chi connectivity index (χ4v) is 0.835. The van der Waals surface area contributed by atoms with Gasteiger partial charge in [-0.15, -0.1) is 0 Å². The van der Waals surface area contributed by atoms with Crippen LogP contribution in [0, 0.1) is 0 Å². The maximum Gasteiger partial charge on any atom is 0.214 e. The molecule has 0 saturated carbocycles. The Hall–Kier alpha value is -0.820. The third kappa shape index (κ3) is 3.93. The van der Waals surface area contributed by atoms with E-state index in [1.807, 2.05) is 0 Å². The second-order valence-corrected chi connectivity index (χ2v) is 2.43. The molecule has 0 radical (unpaired) electrons. The van der Waals surface area contributed by atoms with Gasteiger partial charge in [0.15, 0.2) is 12.6 Å². The molecule has 0 fully saturated rings. The van der Waals surface area contributed by atoms with E-state index >= 15 is 0 Å². The SMILES string of the molecule is COC(C=O)O[C@H](CO)C(C=O)OC. The van der Waals surface area contributed by atoms with Crippen LogP contribution in [-0.2, 0) is 23.8 Å². The summed E-state index contributed by atoms with van der Waals surface area (Å²) in [5.41, 5.74) is 0. The Balaban J connectivity index is 4.24. The van der Waals surface area contributed by atoms with E-state index in [9.17, 15) is 9.59 Å². The lowest BCUT2D eigenvalue weighted by Crippen LogP contribution is -2.39. The van der Waals surface area contributed by atoms with Gasteiger partial charge >= 0.3 is 0 Å². The Labute approximate surface area is 81.8 Å². The Morgan fingerprint density at radius 1 is 1.21 bits per heavy atom. The highest BCUT2D eigenvalue weighted by Gasteiger charge is 2.24. The third-order valence-corrected chi connectivity index (χ3v) is 1.60. The summed E-state index contributed by atoms with van der Waals surface area (Å²) in [5.74, 6) is 0. The zero-order valence-electron chi connectivity index (χ0n) is 8.08. The van der Waals surface area contributed by atoms with E-state index in [1.54, 1.807) is 0 Å². The first-order chi connectivity index (χ1) is 6.73. The minimum absolute atomic E-state index is 0.417. The number of carbonyl (C=O) groups excluding carboxylic acids is 2. The van der Waals surface area contributed by atoms with E-state index in [0.717, 1.165) is 0 Å². The number of aldehydes is 2. The highest BCUT2D eigenvalue weighted by atomic mass is 16.7. The first kappa shape index (κ1) is 13.2. The fourth-order valence-electron chi connectivity index (χ4n) is 0.835. The van der Waals surface area contributed by atoms with Gasteiger partial charge < -0.3 is 24.1 Å². The summed E-state index contributed by atoms with van der Waals surface area (Å²) in [6.07, 6.45) is -2.03. The molecule has 0 bridgehead atoms. The van der Waals surface area contributed by atoms with Crippen molar-refractivity contribution in [3.63, 3.8) is 0 Å². The molecule has 0 aromatic carbocycles. The van der Waals surface area contributed by atoms with E-state index in [4.69, 9.17) is 14.6 Å². The van der Waals surface area contributed by atoms with Gasteiger partial charge in [0.05, 0.1) is 6.61 Å². The average Bonchev–Trinajstić information content (AvgIpc) is 2.24. The van der Waals surface area contributed by atoms with Crippen molar-refractivity contribution in [2.75, 3.05) is 20.8 Å². The van der Waals surface area contributed by atoms with E-state index in [2.05, 4.69) is 4.74 Å². The quantitative estimate of drug-likeness (QED) is 0.394. The van der Waals surface area contributed by atoms with E-state index in [1.165, 1.54) is 14.2 Å². The Morgan fingerprint density at radius 2 is 1.86 bits per heavy atom. The summed E-state index contributed by atoms with van der Waals surface area (Å²) >= 11 is 0. The van der Waals surface area contributed by atoms with Gasteiger partial charge in [-0.1, -0.05) is 0 Å². The van der Waals surface area contributed by atoms with E-state index in [-0.39, 0.29) is 0 Å². The summed E-state index contributed by atoms with van der Waals surface area (Å²) in [7, 11) is 2.57. The topological polar surface area (TPSA) is 82.1 Å². The van der Waals surface area contributed by atoms with Crippen LogP contribution >= 0.6 is 0 Å². The molecular weight excluding hydrogens is 192 g/mol. The first-order valence-electron chi connectivity index (χ1n) is 3.96. The summed E-state index contributed by atoms with van der Waals surface area (Å²) in [5, 5.41) is 8.86. The second-order valence-electron chi connectivity index (χ2n) is 2.43. The molecule has 0 spiro atoms. The summed E-state index contributed by atoms with van der Waals surface area (Å²) in [4.78, 5) is 20.8. The van der Waals surface area contributed by atoms with Crippen LogP contribution in [0.1, 0.15) is 0 Å². The summed E-state index contributed by atoms with van der Waals surface area (Å²) in [6.45, 7) is -0.440. The molecule has 0 saturated heterocycles. The zero-order valence-corrected chi connectivity index (χ0v) is 8.08. The molecule has 1 N–H and O–H groups in total. The molecule has 6 nitrogen and oxygen atoms in total. The number of hydrogen-bond acceptors (Lipinski definition) is 6. The predicted octanol–water partition coefficient (Wildman–Crippen LogP) is -1.25. The minimum atomic E-state index is -1.11. The van der Waals surface area contributed by atoms with Crippen molar-refractivity contribution in [1.82, 2.24) is 0 Å².